The summed E-state index contributed by atoms with van der Waals surface area (Å²) in [4.78, 5) is 20.4. The molecule has 2 fully saturated rings. The van der Waals surface area contributed by atoms with Gasteiger partial charge in [0, 0.05) is 46.3 Å². The summed E-state index contributed by atoms with van der Waals surface area (Å²) in [6.07, 6.45) is 3.38. The zero-order valence-electron chi connectivity index (χ0n) is 12.6. The Morgan fingerprint density at radius 3 is 2.70 bits per heavy atom. The molecule has 0 aromatic heterocycles. The van der Waals surface area contributed by atoms with Crippen LogP contribution in [-0.4, -0.2) is 75.2 Å². The molecule has 6 heteroatoms. The monoisotopic (exact) mass is 282 g/mol. The maximum atomic E-state index is 12.0. The van der Waals surface area contributed by atoms with E-state index in [-0.39, 0.29) is 5.91 Å². The van der Waals surface area contributed by atoms with Crippen molar-refractivity contribution in [2.45, 2.75) is 19.3 Å². The van der Waals surface area contributed by atoms with Gasteiger partial charge in [0.05, 0.1) is 13.2 Å². The number of nitrogens with zero attached hydrogens (tertiary/aromatic N) is 3. The lowest BCUT2D eigenvalue weighted by molar-refractivity contribution is -0.128. The number of likely N-dealkylation sites (tertiary alicyclic amines) is 2. The number of amides is 1. The summed E-state index contributed by atoms with van der Waals surface area (Å²) < 4.78 is 5.21. The van der Waals surface area contributed by atoms with Crippen LogP contribution < -0.4 is 5.32 Å². The Labute approximate surface area is 121 Å². The van der Waals surface area contributed by atoms with Gasteiger partial charge in [0.25, 0.3) is 0 Å². The molecule has 1 atom stereocenters. The van der Waals surface area contributed by atoms with Crippen LogP contribution in [-0.2, 0) is 9.53 Å². The summed E-state index contributed by atoms with van der Waals surface area (Å²) in [5.41, 5.74) is 0. The molecule has 2 heterocycles. The number of ether oxygens (including phenoxy) is 1. The molecular formula is C14H26N4O2. The number of aliphatic imine (C=N–C) groups is 1. The first kappa shape index (κ1) is 15.1. The summed E-state index contributed by atoms with van der Waals surface area (Å²) in [5, 5.41) is 3.19. The first-order valence-electron chi connectivity index (χ1n) is 7.47. The summed E-state index contributed by atoms with van der Waals surface area (Å²) in [7, 11) is 3.51. The van der Waals surface area contributed by atoms with Crippen molar-refractivity contribution in [2.75, 3.05) is 53.5 Å². The van der Waals surface area contributed by atoms with E-state index in [0.29, 0.717) is 12.5 Å². The molecule has 0 aromatic rings. The van der Waals surface area contributed by atoms with Crippen molar-refractivity contribution in [3.05, 3.63) is 0 Å². The number of hydrogen-bond acceptors (Lipinski definition) is 3. The highest BCUT2D eigenvalue weighted by Gasteiger charge is 2.25. The number of rotatable bonds is 4. The molecule has 0 aromatic carbocycles. The Balaban J connectivity index is 1.76. The van der Waals surface area contributed by atoms with Crippen LogP contribution in [0.4, 0.5) is 0 Å². The quantitative estimate of drug-likeness (QED) is 0.589. The predicted octanol–water partition coefficient (Wildman–Crippen LogP) is 0.153. The third-order valence-corrected chi connectivity index (χ3v) is 4.06. The molecule has 0 bridgehead atoms. The van der Waals surface area contributed by atoms with E-state index in [1.165, 1.54) is 0 Å². The molecule has 0 spiro atoms. The molecule has 20 heavy (non-hydrogen) atoms. The number of carbonyl (C=O) groups excluding carboxylic acids is 1. The topological polar surface area (TPSA) is 57.2 Å². The summed E-state index contributed by atoms with van der Waals surface area (Å²) in [6.45, 7) is 4.87. The second-order valence-corrected chi connectivity index (χ2v) is 5.54. The number of methoxy groups -OCH3 is 1. The molecule has 6 nitrogen and oxygen atoms in total. The molecule has 2 saturated heterocycles. The second kappa shape index (κ2) is 7.47. The van der Waals surface area contributed by atoms with Crippen molar-refractivity contribution in [1.82, 2.24) is 15.1 Å². The second-order valence-electron chi connectivity index (χ2n) is 5.54. The highest BCUT2D eigenvalue weighted by Crippen LogP contribution is 2.16. The minimum atomic E-state index is 0.177. The molecule has 0 aliphatic carbocycles. The average Bonchev–Trinajstić information content (AvgIpc) is 3.11. The summed E-state index contributed by atoms with van der Waals surface area (Å²) >= 11 is 0. The van der Waals surface area contributed by atoms with Crippen molar-refractivity contribution in [1.29, 1.82) is 0 Å². The van der Waals surface area contributed by atoms with Crippen LogP contribution in [0.15, 0.2) is 4.99 Å². The highest BCUT2D eigenvalue weighted by atomic mass is 16.5. The van der Waals surface area contributed by atoms with Gasteiger partial charge in [0.1, 0.15) is 0 Å². The van der Waals surface area contributed by atoms with E-state index in [1.54, 1.807) is 14.2 Å². The van der Waals surface area contributed by atoms with Crippen molar-refractivity contribution in [3.63, 3.8) is 0 Å². The maximum absolute atomic E-state index is 12.0. The van der Waals surface area contributed by atoms with Crippen LogP contribution >= 0.6 is 0 Å². The molecule has 2 aliphatic rings. The average molecular weight is 282 g/mol. The fraction of sp³-hybridized carbons (Fsp3) is 0.857. The molecule has 1 N–H and O–H groups in total. The number of carbonyl (C=O) groups is 1. The third-order valence-electron chi connectivity index (χ3n) is 4.06. The van der Waals surface area contributed by atoms with Gasteiger partial charge in [-0.2, -0.15) is 0 Å². The van der Waals surface area contributed by atoms with Crippen LogP contribution in [0, 0.1) is 5.92 Å². The Hall–Kier alpha value is -1.30. The minimum absolute atomic E-state index is 0.177. The zero-order chi connectivity index (χ0) is 14.4. The van der Waals surface area contributed by atoms with E-state index in [2.05, 4.69) is 15.2 Å². The normalized spacial score (nSPS) is 23.5. The van der Waals surface area contributed by atoms with Crippen molar-refractivity contribution < 1.29 is 9.53 Å². The Morgan fingerprint density at radius 1 is 1.30 bits per heavy atom. The molecule has 114 valence electrons. The first-order chi connectivity index (χ1) is 9.74. The van der Waals surface area contributed by atoms with Gasteiger partial charge < -0.3 is 19.9 Å². The number of guanidine groups is 1. The van der Waals surface area contributed by atoms with Crippen molar-refractivity contribution >= 4 is 11.9 Å². The third kappa shape index (κ3) is 3.85. The SMILES string of the molecule is CN=C(NCC(=O)N1CCCC1)N1CCC(COC)C1. The molecule has 1 amide bonds. The van der Waals surface area contributed by atoms with Crippen molar-refractivity contribution in [3.8, 4) is 0 Å². The molecular weight excluding hydrogens is 256 g/mol. The number of hydrogen-bond donors (Lipinski definition) is 1. The van der Waals surface area contributed by atoms with E-state index in [9.17, 15) is 4.79 Å². The van der Waals surface area contributed by atoms with Gasteiger partial charge >= 0.3 is 0 Å². The van der Waals surface area contributed by atoms with Gasteiger partial charge in [0.2, 0.25) is 5.91 Å². The van der Waals surface area contributed by atoms with E-state index in [0.717, 1.165) is 58.0 Å². The van der Waals surface area contributed by atoms with Crippen LogP contribution in [0.2, 0.25) is 0 Å². The Kier molecular flexibility index (Phi) is 5.64. The van der Waals surface area contributed by atoms with E-state index in [4.69, 9.17) is 4.74 Å². The lowest BCUT2D eigenvalue weighted by atomic mass is 10.1. The van der Waals surface area contributed by atoms with Gasteiger partial charge in [-0.3, -0.25) is 9.79 Å². The van der Waals surface area contributed by atoms with Crippen LogP contribution in [0.25, 0.3) is 0 Å². The lowest BCUT2D eigenvalue weighted by Crippen LogP contribution is -2.45. The van der Waals surface area contributed by atoms with Gasteiger partial charge in [-0.25, -0.2) is 0 Å². The van der Waals surface area contributed by atoms with Crippen LogP contribution in [0.3, 0.4) is 0 Å². The van der Waals surface area contributed by atoms with Crippen LogP contribution in [0.1, 0.15) is 19.3 Å². The van der Waals surface area contributed by atoms with E-state index in [1.807, 2.05) is 4.90 Å². The van der Waals surface area contributed by atoms with Crippen molar-refractivity contribution in [2.24, 2.45) is 10.9 Å². The molecule has 0 radical (unpaired) electrons. The minimum Gasteiger partial charge on any atom is -0.384 e. The van der Waals surface area contributed by atoms with E-state index >= 15 is 0 Å². The summed E-state index contributed by atoms with van der Waals surface area (Å²) in [5.74, 6) is 1.57. The first-order valence-corrected chi connectivity index (χ1v) is 7.47. The Bertz CT molecular complexity index is 353. The standard InChI is InChI=1S/C14H26N4O2/c1-15-14(18-8-5-12(10-18)11-20-2)16-9-13(19)17-6-3-4-7-17/h12H,3-11H2,1-2H3,(H,15,16). The maximum Gasteiger partial charge on any atom is 0.241 e. The van der Waals surface area contributed by atoms with Gasteiger partial charge in [-0.05, 0) is 19.3 Å². The number of nitrogens with one attached hydrogen (secondary N) is 1. The highest BCUT2D eigenvalue weighted by molar-refractivity contribution is 5.86. The smallest absolute Gasteiger partial charge is 0.241 e. The molecule has 0 saturated carbocycles. The predicted molar refractivity (Wildman–Crippen MR) is 78.7 cm³/mol. The fourth-order valence-corrected chi connectivity index (χ4v) is 2.96. The van der Waals surface area contributed by atoms with Crippen LogP contribution in [0.5, 0.6) is 0 Å². The molecule has 2 rings (SSSR count). The zero-order valence-corrected chi connectivity index (χ0v) is 12.6. The molecule has 2 aliphatic heterocycles. The summed E-state index contributed by atoms with van der Waals surface area (Å²) in [6, 6.07) is 0. The fourth-order valence-electron chi connectivity index (χ4n) is 2.96. The van der Waals surface area contributed by atoms with Gasteiger partial charge in [-0.15, -0.1) is 0 Å². The van der Waals surface area contributed by atoms with Gasteiger partial charge in [0.15, 0.2) is 5.96 Å². The molecule has 1 unspecified atom stereocenters. The van der Waals surface area contributed by atoms with E-state index < -0.39 is 0 Å². The van der Waals surface area contributed by atoms with Gasteiger partial charge in [-0.1, -0.05) is 0 Å². The lowest BCUT2D eigenvalue weighted by Gasteiger charge is -2.23. The largest absolute Gasteiger partial charge is 0.384 e. The Morgan fingerprint density at radius 2 is 2.05 bits per heavy atom.